The molecule has 2 fully saturated rings. The van der Waals surface area contributed by atoms with Gasteiger partial charge in [0.25, 0.3) is 0 Å². The molecule has 114 valence electrons. The highest BCUT2D eigenvalue weighted by atomic mass is 32.2. The third-order valence-corrected chi connectivity index (χ3v) is 6.48. The lowest BCUT2D eigenvalue weighted by molar-refractivity contribution is -0.140. The average molecular weight is 309 g/mol. The molecule has 1 aromatic rings. The van der Waals surface area contributed by atoms with Crippen molar-refractivity contribution < 1.29 is 18.3 Å². The van der Waals surface area contributed by atoms with Gasteiger partial charge in [0.2, 0.25) is 10.0 Å². The number of hydrogen-bond donors (Lipinski definition) is 1. The monoisotopic (exact) mass is 309 g/mol. The van der Waals surface area contributed by atoms with Gasteiger partial charge in [0.15, 0.2) is 0 Å². The molecular weight excluding hydrogens is 290 g/mol. The van der Waals surface area contributed by atoms with Crippen molar-refractivity contribution in [2.24, 2.45) is 0 Å². The molecule has 1 aromatic carbocycles. The lowest BCUT2D eigenvalue weighted by Crippen LogP contribution is -2.33. The van der Waals surface area contributed by atoms with Crippen molar-refractivity contribution in [3.05, 3.63) is 29.8 Å². The first-order valence-corrected chi connectivity index (χ1v) is 8.71. The van der Waals surface area contributed by atoms with E-state index >= 15 is 0 Å². The van der Waals surface area contributed by atoms with Crippen LogP contribution in [0, 0.1) is 0 Å². The van der Waals surface area contributed by atoms with Gasteiger partial charge in [-0.25, -0.2) is 8.42 Å². The van der Waals surface area contributed by atoms with Crippen LogP contribution in [-0.2, 0) is 20.2 Å². The Kier molecular flexibility index (Phi) is 3.33. The summed E-state index contributed by atoms with van der Waals surface area (Å²) < 4.78 is 26.7. The normalized spacial score (nSPS) is 20.5. The van der Waals surface area contributed by atoms with Gasteiger partial charge >= 0.3 is 5.97 Å². The smallest absolute Gasteiger partial charge is 0.314 e. The Labute approximate surface area is 124 Å². The maximum Gasteiger partial charge on any atom is 0.314 e. The fraction of sp³-hybridized carbons (Fsp3) is 0.533. The number of carboxylic acid groups (broad SMARTS) is 1. The highest BCUT2D eigenvalue weighted by Gasteiger charge is 2.51. The van der Waals surface area contributed by atoms with Gasteiger partial charge in [0.1, 0.15) is 0 Å². The Morgan fingerprint density at radius 2 is 1.86 bits per heavy atom. The van der Waals surface area contributed by atoms with E-state index in [1.165, 1.54) is 4.31 Å². The Balaban J connectivity index is 1.89. The third-order valence-electron chi connectivity index (χ3n) is 4.44. The summed E-state index contributed by atoms with van der Waals surface area (Å²) in [6.07, 6.45) is 3.09. The Hall–Kier alpha value is -1.40. The molecule has 0 aliphatic heterocycles. The number of carbonyl (C=O) groups is 1. The Bertz CT molecular complexity index is 657. The van der Waals surface area contributed by atoms with Gasteiger partial charge in [-0.2, -0.15) is 4.31 Å². The summed E-state index contributed by atoms with van der Waals surface area (Å²) in [4.78, 5) is 11.5. The van der Waals surface area contributed by atoms with E-state index in [4.69, 9.17) is 0 Å². The summed E-state index contributed by atoms with van der Waals surface area (Å²) in [5.74, 6) is -0.828. The molecule has 0 saturated heterocycles. The van der Waals surface area contributed by atoms with Crippen molar-refractivity contribution in [2.45, 2.75) is 49.0 Å². The van der Waals surface area contributed by atoms with E-state index < -0.39 is 21.4 Å². The van der Waals surface area contributed by atoms with Gasteiger partial charge in [-0.1, -0.05) is 19.1 Å². The molecule has 5 nitrogen and oxygen atoms in total. The second-order valence-corrected chi connectivity index (χ2v) is 7.74. The standard InChI is InChI=1S/C15H19NO4S/c1-2-16(12-5-6-12)21(19,20)13-7-3-11(4-8-13)15(9-10-15)14(17)18/h3-4,7-8,12H,2,5-6,9-10H2,1H3,(H,17,18). The van der Waals surface area contributed by atoms with Crippen LogP contribution in [-0.4, -0.2) is 36.4 Å². The van der Waals surface area contributed by atoms with Crippen molar-refractivity contribution in [1.29, 1.82) is 0 Å². The van der Waals surface area contributed by atoms with E-state index in [-0.39, 0.29) is 10.9 Å². The van der Waals surface area contributed by atoms with E-state index in [0.29, 0.717) is 24.9 Å². The largest absolute Gasteiger partial charge is 0.481 e. The molecule has 2 saturated carbocycles. The predicted molar refractivity (Wildman–Crippen MR) is 77.6 cm³/mol. The lowest BCUT2D eigenvalue weighted by Gasteiger charge is -2.20. The lowest BCUT2D eigenvalue weighted by atomic mass is 9.96. The maximum absolute atomic E-state index is 12.6. The van der Waals surface area contributed by atoms with Crippen LogP contribution < -0.4 is 0 Å². The Morgan fingerprint density at radius 1 is 1.29 bits per heavy atom. The van der Waals surface area contributed by atoms with Gasteiger partial charge in [0, 0.05) is 12.6 Å². The summed E-state index contributed by atoms with van der Waals surface area (Å²) in [5, 5.41) is 9.27. The number of nitrogens with zero attached hydrogens (tertiary/aromatic N) is 1. The highest BCUT2D eigenvalue weighted by molar-refractivity contribution is 7.89. The summed E-state index contributed by atoms with van der Waals surface area (Å²) in [6.45, 7) is 2.31. The number of benzene rings is 1. The van der Waals surface area contributed by atoms with E-state index in [1.54, 1.807) is 24.3 Å². The van der Waals surface area contributed by atoms with Crippen LogP contribution >= 0.6 is 0 Å². The highest BCUT2D eigenvalue weighted by Crippen LogP contribution is 2.48. The van der Waals surface area contributed by atoms with Gasteiger partial charge in [0.05, 0.1) is 10.3 Å². The van der Waals surface area contributed by atoms with E-state index in [9.17, 15) is 18.3 Å². The molecule has 3 rings (SSSR count). The minimum atomic E-state index is -3.46. The third kappa shape index (κ3) is 2.36. The summed E-state index contributed by atoms with van der Waals surface area (Å²) in [7, 11) is -3.46. The van der Waals surface area contributed by atoms with Gasteiger partial charge in [-0.15, -0.1) is 0 Å². The number of sulfonamides is 1. The molecule has 0 atom stereocenters. The molecule has 0 aromatic heterocycles. The molecule has 6 heteroatoms. The first kappa shape index (κ1) is 14.5. The fourth-order valence-electron chi connectivity index (χ4n) is 2.82. The predicted octanol–water partition coefficient (Wildman–Crippen LogP) is 1.98. The van der Waals surface area contributed by atoms with Gasteiger partial charge < -0.3 is 5.11 Å². The van der Waals surface area contributed by atoms with Crippen molar-refractivity contribution in [1.82, 2.24) is 4.31 Å². The minimum absolute atomic E-state index is 0.133. The van der Waals surface area contributed by atoms with Crippen LogP contribution in [0.4, 0.5) is 0 Å². The fourth-order valence-corrected chi connectivity index (χ4v) is 4.51. The van der Waals surface area contributed by atoms with Crippen LogP contribution in [0.1, 0.15) is 38.2 Å². The Morgan fingerprint density at radius 3 is 2.24 bits per heavy atom. The molecule has 0 unspecified atom stereocenters. The van der Waals surface area contributed by atoms with Crippen LogP contribution in [0.15, 0.2) is 29.2 Å². The molecule has 21 heavy (non-hydrogen) atoms. The van der Waals surface area contributed by atoms with Crippen molar-refractivity contribution >= 4 is 16.0 Å². The summed E-state index contributed by atoms with van der Waals surface area (Å²) >= 11 is 0. The maximum atomic E-state index is 12.6. The average Bonchev–Trinajstić information content (AvgIpc) is 3.33. The van der Waals surface area contributed by atoms with Crippen LogP contribution in [0.3, 0.4) is 0 Å². The molecule has 0 heterocycles. The first-order chi connectivity index (χ1) is 9.91. The van der Waals surface area contributed by atoms with Crippen molar-refractivity contribution in [2.75, 3.05) is 6.54 Å². The zero-order valence-corrected chi connectivity index (χ0v) is 12.8. The van der Waals surface area contributed by atoms with Crippen LogP contribution in [0.5, 0.6) is 0 Å². The van der Waals surface area contributed by atoms with Gasteiger partial charge in [-0.05, 0) is 43.4 Å². The second kappa shape index (κ2) is 4.81. The summed E-state index contributed by atoms with van der Waals surface area (Å²) in [6, 6.07) is 6.51. The molecule has 0 bridgehead atoms. The number of rotatable bonds is 6. The first-order valence-electron chi connectivity index (χ1n) is 7.27. The molecule has 2 aliphatic rings. The zero-order chi connectivity index (χ0) is 15.3. The number of aliphatic carboxylic acids is 1. The SMILES string of the molecule is CCN(C1CC1)S(=O)(=O)c1ccc(C2(C(=O)O)CC2)cc1. The van der Waals surface area contributed by atoms with E-state index in [1.807, 2.05) is 6.92 Å². The topological polar surface area (TPSA) is 74.7 Å². The van der Waals surface area contributed by atoms with Crippen LogP contribution in [0.2, 0.25) is 0 Å². The second-order valence-electron chi connectivity index (χ2n) is 5.85. The molecule has 2 aliphatic carbocycles. The molecule has 0 amide bonds. The molecular formula is C15H19NO4S. The molecule has 0 radical (unpaired) electrons. The van der Waals surface area contributed by atoms with Gasteiger partial charge in [-0.3, -0.25) is 4.79 Å². The van der Waals surface area contributed by atoms with Crippen molar-refractivity contribution in [3.8, 4) is 0 Å². The minimum Gasteiger partial charge on any atom is -0.481 e. The number of hydrogen-bond acceptors (Lipinski definition) is 3. The molecule has 0 spiro atoms. The van der Waals surface area contributed by atoms with E-state index in [0.717, 1.165) is 12.8 Å². The quantitative estimate of drug-likeness (QED) is 0.872. The van der Waals surface area contributed by atoms with Crippen molar-refractivity contribution in [3.63, 3.8) is 0 Å². The summed E-state index contributed by atoms with van der Waals surface area (Å²) in [5.41, 5.74) is -0.0909. The van der Waals surface area contributed by atoms with Crippen LogP contribution in [0.25, 0.3) is 0 Å². The molecule has 1 N–H and O–H groups in total. The zero-order valence-electron chi connectivity index (χ0n) is 11.9. The van der Waals surface area contributed by atoms with E-state index in [2.05, 4.69) is 0 Å². The number of carboxylic acids is 1.